The van der Waals surface area contributed by atoms with Gasteiger partial charge in [-0.05, 0) is 0 Å². The zero-order chi connectivity index (χ0) is 10.3. The first kappa shape index (κ1) is 16.7. The quantitative estimate of drug-likeness (QED) is 0.781. The summed E-state index contributed by atoms with van der Waals surface area (Å²) in [5.41, 5.74) is 0.811. The summed E-state index contributed by atoms with van der Waals surface area (Å²) in [6.45, 7) is 4.00. The molecular formula is C10H15O2SY-. The molecule has 0 saturated carbocycles. The van der Waals surface area contributed by atoms with Crippen molar-refractivity contribution in [2.24, 2.45) is 0 Å². The smallest absolute Gasteiger partial charge is 0.149 e. The van der Waals surface area contributed by atoms with Crippen molar-refractivity contribution in [2.45, 2.75) is 19.6 Å². The molecule has 0 atom stereocenters. The van der Waals surface area contributed by atoms with E-state index in [2.05, 4.69) is 6.07 Å². The molecule has 1 aromatic carbocycles. The van der Waals surface area contributed by atoms with E-state index in [1.54, 1.807) is 24.3 Å². The molecule has 14 heavy (non-hydrogen) atoms. The number of hydrogen-bond acceptors (Lipinski definition) is 2. The van der Waals surface area contributed by atoms with Gasteiger partial charge in [-0.25, -0.2) is 8.42 Å². The van der Waals surface area contributed by atoms with E-state index in [4.69, 9.17) is 0 Å². The van der Waals surface area contributed by atoms with Gasteiger partial charge in [0.2, 0.25) is 0 Å². The van der Waals surface area contributed by atoms with Crippen molar-refractivity contribution in [3.8, 4) is 0 Å². The second kappa shape index (κ2) is 8.57. The Hall–Kier alpha value is 0.274. The third-order valence-corrected chi connectivity index (χ3v) is 2.07. The molecule has 1 aromatic rings. The Morgan fingerprint density at radius 2 is 1.64 bits per heavy atom. The molecular weight excluding hydrogens is 273 g/mol. The van der Waals surface area contributed by atoms with Gasteiger partial charge >= 0.3 is 0 Å². The predicted molar refractivity (Wildman–Crippen MR) is 55.2 cm³/mol. The molecule has 0 aliphatic rings. The number of sulfone groups is 1. The molecule has 0 fully saturated rings. The van der Waals surface area contributed by atoms with Crippen molar-refractivity contribution >= 4 is 9.84 Å². The van der Waals surface area contributed by atoms with Crippen LogP contribution in [0.2, 0.25) is 0 Å². The van der Waals surface area contributed by atoms with Crippen molar-refractivity contribution in [2.75, 3.05) is 6.26 Å². The molecule has 0 heterocycles. The van der Waals surface area contributed by atoms with Crippen LogP contribution in [0.25, 0.3) is 0 Å². The van der Waals surface area contributed by atoms with Crippen LogP contribution in [0.15, 0.2) is 24.3 Å². The minimum atomic E-state index is -2.89. The van der Waals surface area contributed by atoms with Crippen molar-refractivity contribution in [1.29, 1.82) is 0 Å². The second-order valence-corrected chi connectivity index (χ2v) is 4.62. The van der Waals surface area contributed by atoms with Gasteiger partial charge in [0, 0.05) is 39.0 Å². The molecule has 0 unspecified atom stereocenters. The zero-order valence-corrected chi connectivity index (χ0v) is 12.5. The van der Waals surface area contributed by atoms with E-state index in [9.17, 15) is 8.42 Å². The molecule has 0 N–H and O–H groups in total. The van der Waals surface area contributed by atoms with Crippen LogP contribution in [0.1, 0.15) is 19.4 Å². The zero-order valence-electron chi connectivity index (χ0n) is 8.82. The molecule has 0 bridgehead atoms. The van der Waals surface area contributed by atoms with Crippen molar-refractivity contribution < 1.29 is 41.1 Å². The molecule has 0 spiro atoms. The molecule has 0 aliphatic carbocycles. The minimum absolute atomic E-state index is 0. The maximum absolute atomic E-state index is 10.8. The number of benzene rings is 1. The summed E-state index contributed by atoms with van der Waals surface area (Å²) >= 11 is 0. The summed E-state index contributed by atoms with van der Waals surface area (Å²) in [4.78, 5) is 0. The summed E-state index contributed by atoms with van der Waals surface area (Å²) in [5, 5.41) is 0. The summed E-state index contributed by atoms with van der Waals surface area (Å²) in [6, 6.07) is 9.74. The van der Waals surface area contributed by atoms with Gasteiger partial charge in [-0.15, -0.1) is 5.56 Å². The molecule has 77 valence electrons. The van der Waals surface area contributed by atoms with Gasteiger partial charge in [-0.2, -0.15) is 30.3 Å². The number of rotatable bonds is 2. The largest absolute Gasteiger partial charge is 0.229 e. The minimum Gasteiger partial charge on any atom is -0.229 e. The van der Waals surface area contributed by atoms with E-state index >= 15 is 0 Å². The summed E-state index contributed by atoms with van der Waals surface area (Å²) in [7, 11) is -2.89. The molecule has 0 amide bonds. The van der Waals surface area contributed by atoms with E-state index in [1.165, 1.54) is 6.26 Å². The van der Waals surface area contributed by atoms with Gasteiger partial charge in [0.15, 0.2) is 0 Å². The molecule has 0 aromatic heterocycles. The summed E-state index contributed by atoms with van der Waals surface area (Å²) in [5.74, 6) is 0.113. The monoisotopic (exact) mass is 288 g/mol. The average Bonchev–Trinajstić information content (AvgIpc) is 2.07. The molecule has 0 saturated heterocycles. The Kier molecular flexibility index (Phi) is 10.2. The van der Waals surface area contributed by atoms with E-state index in [0.717, 1.165) is 5.56 Å². The fourth-order valence-corrected chi connectivity index (χ4v) is 1.62. The molecule has 0 aliphatic heterocycles. The van der Waals surface area contributed by atoms with Crippen LogP contribution in [0.5, 0.6) is 0 Å². The van der Waals surface area contributed by atoms with Gasteiger partial charge in [0.1, 0.15) is 9.84 Å². The molecule has 4 heteroatoms. The van der Waals surface area contributed by atoms with Crippen molar-refractivity contribution in [3.63, 3.8) is 0 Å². The van der Waals surface area contributed by atoms with E-state index in [0.29, 0.717) is 0 Å². The standard InChI is InChI=1S/C8H9O2S.C2H6.Y/c1-11(9,10)7-8-5-3-2-4-6-8;1-2;/h3-6H,7H2,1H3;1-2H3;/q-1;;. The van der Waals surface area contributed by atoms with E-state index in [1.807, 2.05) is 13.8 Å². The molecule has 1 radical (unpaired) electrons. The Balaban J connectivity index is 0. The van der Waals surface area contributed by atoms with Crippen molar-refractivity contribution in [3.05, 3.63) is 35.9 Å². The van der Waals surface area contributed by atoms with Crippen molar-refractivity contribution in [1.82, 2.24) is 0 Å². The number of hydrogen-bond donors (Lipinski definition) is 0. The Labute approximate surface area is 112 Å². The maximum Gasteiger partial charge on any atom is 0.149 e. The first-order chi connectivity index (χ1) is 6.08. The predicted octanol–water partition coefficient (Wildman–Crippen LogP) is 2.06. The molecule has 1 rings (SSSR count). The molecule has 2 nitrogen and oxygen atoms in total. The Morgan fingerprint density at radius 1 is 1.21 bits per heavy atom. The fraction of sp³-hybridized carbons (Fsp3) is 0.400. The van der Waals surface area contributed by atoms with Crippen LogP contribution in [0.3, 0.4) is 0 Å². The maximum atomic E-state index is 10.8. The topological polar surface area (TPSA) is 34.1 Å². The van der Waals surface area contributed by atoms with Gasteiger partial charge in [0.25, 0.3) is 0 Å². The van der Waals surface area contributed by atoms with Crippen LogP contribution in [-0.4, -0.2) is 14.7 Å². The Morgan fingerprint density at radius 3 is 2.00 bits per heavy atom. The SMILES string of the molecule is CC.CS(=O)(=O)Cc1cc[c-]cc1.[Y]. The first-order valence-electron chi connectivity index (χ1n) is 4.21. The van der Waals surface area contributed by atoms with Gasteiger partial charge in [-0.3, -0.25) is 0 Å². The van der Waals surface area contributed by atoms with Gasteiger partial charge in [0.05, 0.1) is 5.75 Å². The fourth-order valence-electron chi connectivity index (χ4n) is 0.820. The van der Waals surface area contributed by atoms with Gasteiger partial charge < -0.3 is 0 Å². The third kappa shape index (κ3) is 8.85. The van der Waals surface area contributed by atoms with E-state index < -0.39 is 9.84 Å². The van der Waals surface area contributed by atoms with Crippen LogP contribution in [-0.2, 0) is 48.3 Å². The van der Waals surface area contributed by atoms with Crippen LogP contribution >= 0.6 is 0 Å². The van der Waals surface area contributed by atoms with Gasteiger partial charge in [-0.1, -0.05) is 13.8 Å². The Bertz CT molecular complexity index is 319. The second-order valence-electron chi connectivity index (χ2n) is 2.48. The van der Waals surface area contributed by atoms with Crippen LogP contribution in [0, 0.1) is 6.07 Å². The summed E-state index contributed by atoms with van der Waals surface area (Å²) < 4.78 is 21.6. The summed E-state index contributed by atoms with van der Waals surface area (Å²) in [6.07, 6.45) is 1.23. The average molecular weight is 288 g/mol. The first-order valence-corrected chi connectivity index (χ1v) is 6.27. The third-order valence-electron chi connectivity index (χ3n) is 1.22. The van der Waals surface area contributed by atoms with E-state index in [-0.39, 0.29) is 38.5 Å². The van der Waals surface area contributed by atoms with Crippen LogP contribution in [0.4, 0.5) is 0 Å². The van der Waals surface area contributed by atoms with Crippen LogP contribution < -0.4 is 0 Å². The normalized spacial score (nSPS) is 9.36.